The van der Waals surface area contributed by atoms with Crippen molar-refractivity contribution in [2.45, 2.75) is 20.1 Å². The Labute approximate surface area is 156 Å². The minimum atomic E-state index is -0.317. The Morgan fingerprint density at radius 3 is 2.81 bits per heavy atom. The van der Waals surface area contributed by atoms with E-state index in [1.807, 2.05) is 37.3 Å². The van der Waals surface area contributed by atoms with Crippen LogP contribution in [0.1, 0.15) is 21.6 Å². The number of aromatic nitrogens is 3. The number of nitrogens with zero attached hydrogens (tertiary/aromatic N) is 3. The van der Waals surface area contributed by atoms with Crippen LogP contribution in [0.2, 0.25) is 5.15 Å². The molecule has 0 saturated heterocycles. The number of hydrogen-bond acceptors (Lipinski definition) is 4. The highest BCUT2D eigenvalue weighted by Gasteiger charge is 2.12. The summed E-state index contributed by atoms with van der Waals surface area (Å²) < 4.78 is 7.35. The van der Waals surface area contributed by atoms with Crippen molar-refractivity contribution in [3.63, 3.8) is 0 Å². The predicted octanol–water partition coefficient (Wildman–Crippen LogP) is 3.71. The van der Waals surface area contributed by atoms with Gasteiger partial charge in [-0.1, -0.05) is 41.9 Å². The van der Waals surface area contributed by atoms with Crippen LogP contribution in [0.4, 0.5) is 5.69 Å². The van der Waals surface area contributed by atoms with Gasteiger partial charge in [0.05, 0.1) is 37.2 Å². The van der Waals surface area contributed by atoms with Gasteiger partial charge in [-0.25, -0.2) is 4.98 Å². The van der Waals surface area contributed by atoms with Gasteiger partial charge in [-0.15, -0.1) is 0 Å². The van der Waals surface area contributed by atoms with E-state index < -0.39 is 0 Å². The average Bonchev–Trinajstić information content (AvgIpc) is 3.07. The summed E-state index contributed by atoms with van der Waals surface area (Å²) in [6, 6.07) is 13.4. The van der Waals surface area contributed by atoms with E-state index in [0.29, 0.717) is 31.0 Å². The largest absolute Gasteiger partial charge is 0.375 e. The van der Waals surface area contributed by atoms with E-state index in [0.717, 1.165) is 11.3 Å². The summed E-state index contributed by atoms with van der Waals surface area (Å²) in [5.41, 5.74) is 2.81. The Morgan fingerprint density at radius 2 is 2.04 bits per heavy atom. The molecule has 3 rings (SSSR count). The van der Waals surface area contributed by atoms with E-state index in [4.69, 9.17) is 16.3 Å². The molecule has 0 radical (unpaired) electrons. The monoisotopic (exact) mass is 370 g/mol. The number of nitrogens with one attached hydrogen (secondary N) is 1. The second-order valence-electron chi connectivity index (χ2n) is 5.78. The molecule has 134 valence electrons. The van der Waals surface area contributed by atoms with Crippen LogP contribution in [0.25, 0.3) is 0 Å². The van der Waals surface area contributed by atoms with Gasteiger partial charge in [0.2, 0.25) is 0 Å². The number of benzene rings is 1. The molecular formula is C19H19ClN4O2. The van der Waals surface area contributed by atoms with E-state index in [9.17, 15) is 4.79 Å². The first-order chi connectivity index (χ1) is 12.6. The molecule has 0 spiro atoms. The number of halogens is 1. The molecular weight excluding hydrogens is 352 g/mol. The molecule has 0 bridgehead atoms. The van der Waals surface area contributed by atoms with Crippen LogP contribution in [-0.2, 0) is 17.9 Å². The first-order valence-corrected chi connectivity index (χ1v) is 8.58. The fourth-order valence-corrected chi connectivity index (χ4v) is 2.65. The summed E-state index contributed by atoms with van der Waals surface area (Å²) in [6.45, 7) is 3.50. The summed E-state index contributed by atoms with van der Waals surface area (Å²) in [5, 5.41) is 7.17. The Morgan fingerprint density at radius 1 is 1.23 bits per heavy atom. The Hall–Kier alpha value is -2.70. The number of amides is 1. The van der Waals surface area contributed by atoms with E-state index in [1.54, 1.807) is 29.2 Å². The van der Waals surface area contributed by atoms with Crippen molar-refractivity contribution in [2.24, 2.45) is 0 Å². The number of anilines is 1. The quantitative estimate of drug-likeness (QED) is 0.508. The van der Waals surface area contributed by atoms with Gasteiger partial charge in [-0.2, -0.15) is 5.10 Å². The number of aryl methyl sites for hydroxylation is 1. The molecule has 0 atom stereocenters. The average molecular weight is 371 g/mol. The molecule has 0 unspecified atom stereocenters. The van der Waals surface area contributed by atoms with E-state index in [2.05, 4.69) is 15.4 Å². The fraction of sp³-hybridized carbons (Fsp3) is 0.211. The first-order valence-electron chi connectivity index (χ1n) is 8.20. The maximum absolute atomic E-state index is 12.3. The molecule has 26 heavy (non-hydrogen) atoms. The molecule has 1 amide bonds. The van der Waals surface area contributed by atoms with Gasteiger partial charge in [-0.05, 0) is 24.6 Å². The fourth-order valence-electron chi connectivity index (χ4n) is 2.37. The third-order valence-corrected chi connectivity index (χ3v) is 3.99. The molecule has 0 aliphatic heterocycles. The lowest BCUT2D eigenvalue weighted by molar-refractivity contribution is 0.102. The summed E-state index contributed by atoms with van der Waals surface area (Å²) >= 11 is 6.02. The maximum atomic E-state index is 12.3. The van der Waals surface area contributed by atoms with Gasteiger partial charge in [0, 0.05) is 11.9 Å². The van der Waals surface area contributed by atoms with Gasteiger partial charge in [0.1, 0.15) is 5.15 Å². The van der Waals surface area contributed by atoms with Gasteiger partial charge < -0.3 is 10.1 Å². The maximum Gasteiger partial charge on any atom is 0.258 e. The second-order valence-corrected chi connectivity index (χ2v) is 6.13. The van der Waals surface area contributed by atoms with Gasteiger partial charge in [-0.3, -0.25) is 9.48 Å². The number of carbonyl (C=O) groups excluding carboxylic acids is 1. The Balaban J connectivity index is 1.49. The third kappa shape index (κ3) is 4.91. The Kier molecular flexibility index (Phi) is 5.99. The van der Waals surface area contributed by atoms with Crippen molar-refractivity contribution < 1.29 is 9.53 Å². The van der Waals surface area contributed by atoms with Crippen molar-refractivity contribution >= 4 is 23.2 Å². The third-order valence-electron chi connectivity index (χ3n) is 3.70. The summed E-state index contributed by atoms with van der Waals surface area (Å²) in [6.07, 6.45) is 3.34. The highest BCUT2D eigenvalue weighted by molar-refractivity contribution is 6.33. The molecule has 0 aliphatic rings. The van der Waals surface area contributed by atoms with E-state index in [1.165, 1.54) is 0 Å². The number of hydrogen-bond donors (Lipinski definition) is 1. The van der Waals surface area contributed by atoms with Crippen LogP contribution in [0, 0.1) is 6.92 Å². The zero-order valence-corrected chi connectivity index (χ0v) is 15.1. The van der Waals surface area contributed by atoms with E-state index >= 15 is 0 Å². The first kappa shape index (κ1) is 18.1. The zero-order valence-electron chi connectivity index (χ0n) is 14.4. The van der Waals surface area contributed by atoms with Gasteiger partial charge in [0.15, 0.2) is 0 Å². The van der Waals surface area contributed by atoms with Gasteiger partial charge >= 0.3 is 0 Å². The molecule has 0 fully saturated rings. The van der Waals surface area contributed by atoms with Crippen LogP contribution in [-0.4, -0.2) is 27.3 Å². The number of carbonyl (C=O) groups is 1. The second kappa shape index (κ2) is 8.60. The molecule has 0 aliphatic carbocycles. The van der Waals surface area contributed by atoms with Crippen LogP contribution in [0.15, 0.2) is 54.9 Å². The van der Waals surface area contributed by atoms with Crippen molar-refractivity contribution in [2.75, 3.05) is 11.9 Å². The topological polar surface area (TPSA) is 69.0 Å². The normalized spacial score (nSPS) is 10.7. The van der Waals surface area contributed by atoms with Crippen molar-refractivity contribution in [3.8, 4) is 0 Å². The molecule has 3 aromatic rings. The number of pyridine rings is 1. The summed E-state index contributed by atoms with van der Waals surface area (Å²) in [5.74, 6) is -0.317. The standard InChI is InChI=1S/C19H19ClN4O2/c1-14-7-8-17(18(20)22-14)19(25)23-16-11-21-24(12-16)9-10-26-13-15-5-3-2-4-6-15/h2-8,11-12H,9-10,13H2,1H3,(H,23,25). The lowest BCUT2D eigenvalue weighted by atomic mass is 10.2. The van der Waals surface area contributed by atoms with Crippen molar-refractivity contribution in [1.29, 1.82) is 0 Å². The molecule has 2 heterocycles. The minimum Gasteiger partial charge on any atom is -0.375 e. The van der Waals surface area contributed by atoms with Crippen LogP contribution < -0.4 is 5.32 Å². The molecule has 2 aromatic heterocycles. The Bertz CT molecular complexity index is 880. The van der Waals surface area contributed by atoms with Crippen molar-refractivity contribution in [1.82, 2.24) is 14.8 Å². The summed E-state index contributed by atoms with van der Waals surface area (Å²) in [7, 11) is 0. The van der Waals surface area contributed by atoms with Crippen LogP contribution in [0.5, 0.6) is 0 Å². The molecule has 1 aromatic carbocycles. The zero-order chi connectivity index (χ0) is 18.4. The molecule has 0 saturated carbocycles. The lowest BCUT2D eigenvalue weighted by Gasteiger charge is -2.05. The minimum absolute atomic E-state index is 0.184. The molecule has 7 heteroatoms. The summed E-state index contributed by atoms with van der Waals surface area (Å²) in [4.78, 5) is 16.4. The molecule has 1 N–H and O–H groups in total. The van der Waals surface area contributed by atoms with Crippen LogP contribution >= 0.6 is 11.6 Å². The number of ether oxygens (including phenoxy) is 1. The highest BCUT2D eigenvalue weighted by Crippen LogP contribution is 2.16. The smallest absolute Gasteiger partial charge is 0.258 e. The van der Waals surface area contributed by atoms with E-state index in [-0.39, 0.29) is 11.1 Å². The predicted molar refractivity (Wildman–Crippen MR) is 100 cm³/mol. The van der Waals surface area contributed by atoms with Crippen LogP contribution in [0.3, 0.4) is 0 Å². The van der Waals surface area contributed by atoms with Gasteiger partial charge in [0.25, 0.3) is 5.91 Å². The SMILES string of the molecule is Cc1ccc(C(=O)Nc2cnn(CCOCc3ccccc3)c2)c(Cl)n1. The number of rotatable bonds is 7. The molecule has 6 nitrogen and oxygen atoms in total. The highest BCUT2D eigenvalue weighted by atomic mass is 35.5. The lowest BCUT2D eigenvalue weighted by Crippen LogP contribution is -2.13. The van der Waals surface area contributed by atoms with Crippen molar-refractivity contribution in [3.05, 3.63) is 76.8 Å².